The van der Waals surface area contributed by atoms with E-state index in [-0.39, 0.29) is 11.5 Å². The number of rotatable bonds is 2. The lowest BCUT2D eigenvalue weighted by molar-refractivity contribution is -0.0595. The maximum Gasteiger partial charge on any atom is 0.351 e. The molecule has 10 atom stereocenters. The molecule has 0 bridgehead atoms. The second kappa shape index (κ2) is 11.2. The largest absolute Gasteiger partial charge is 0.383 e. The number of ether oxygens (including phenoxy) is 2. The fourth-order valence-corrected chi connectivity index (χ4v) is 7.71. The molecule has 42 heavy (non-hydrogen) atoms. The van der Waals surface area contributed by atoms with Gasteiger partial charge in [0.05, 0.1) is 25.2 Å². The summed E-state index contributed by atoms with van der Waals surface area (Å²) in [7, 11) is 0. The molecule has 0 radical (unpaired) electrons. The summed E-state index contributed by atoms with van der Waals surface area (Å²) in [4.78, 5) is 49.9. The van der Waals surface area contributed by atoms with Crippen LogP contribution in [0.5, 0.6) is 0 Å². The number of hydrogen-bond acceptors (Lipinski definition) is 14. The number of anilines is 1. The first-order valence-electron chi connectivity index (χ1n) is 12.2. The Labute approximate surface area is 245 Å². The quantitative estimate of drug-likeness (QED) is 0.322. The summed E-state index contributed by atoms with van der Waals surface area (Å²) >= 11 is 10.2. The summed E-state index contributed by atoms with van der Waals surface area (Å²) in [6.07, 6.45) is -9.18. The number of hydrogen-bond donors (Lipinski definition) is 3. The molecule has 3 aromatic heterocycles. The lowest BCUT2D eigenvalue weighted by Crippen LogP contribution is -2.37. The molecule has 6 heterocycles. The highest BCUT2D eigenvalue weighted by Crippen LogP contribution is 2.54. The Bertz CT molecular complexity index is 1670. The van der Waals surface area contributed by atoms with Crippen LogP contribution < -0.4 is 11.4 Å². The minimum absolute atomic E-state index is 0.0982. The predicted molar refractivity (Wildman–Crippen MR) is 145 cm³/mol. The van der Waals surface area contributed by atoms with Gasteiger partial charge in [0, 0.05) is 6.20 Å². The first-order valence-corrected chi connectivity index (χ1v) is 17.4. The van der Waals surface area contributed by atoms with E-state index in [4.69, 9.17) is 56.9 Å². The van der Waals surface area contributed by atoms with Gasteiger partial charge in [0.15, 0.2) is 30.4 Å². The van der Waals surface area contributed by atoms with Gasteiger partial charge in [-0.25, -0.2) is 28.5 Å². The number of nitrogens with zero attached hydrogens (tertiary/aromatic N) is 6. The highest BCUT2D eigenvalue weighted by atomic mass is 32.5. The monoisotopic (exact) mass is 669 g/mol. The number of halogens is 2. The van der Waals surface area contributed by atoms with Crippen LogP contribution >= 0.6 is 13.4 Å². The van der Waals surface area contributed by atoms with Gasteiger partial charge in [0.1, 0.15) is 42.1 Å². The molecule has 22 heteroatoms. The molecular weight excluding hydrogens is 646 g/mol. The zero-order valence-corrected chi connectivity index (χ0v) is 24.7. The smallest absolute Gasteiger partial charge is 0.351 e. The van der Waals surface area contributed by atoms with Gasteiger partial charge in [-0.2, -0.15) is 4.98 Å². The van der Waals surface area contributed by atoms with Gasteiger partial charge in [-0.1, -0.05) is 0 Å². The van der Waals surface area contributed by atoms with Crippen molar-refractivity contribution in [3.05, 3.63) is 41.1 Å². The molecule has 3 fully saturated rings. The van der Waals surface area contributed by atoms with Crippen molar-refractivity contribution >= 4 is 54.0 Å². The third-order valence-electron chi connectivity index (χ3n) is 6.79. The summed E-state index contributed by atoms with van der Waals surface area (Å²) < 4.78 is 67.0. The van der Waals surface area contributed by atoms with Crippen LogP contribution in [-0.4, -0.2) is 88.8 Å². The highest BCUT2D eigenvalue weighted by Gasteiger charge is 2.53. The van der Waals surface area contributed by atoms with Crippen molar-refractivity contribution in [3.63, 3.8) is 0 Å². The van der Waals surface area contributed by atoms with Crippen molar-refractivity contribution in [1.82, 2.24) is 29.1 Å². The van der Waals surface area contributed by atoms with Crippen LogP contribution in [0.15, 0.2) is 29.7 Å². The number of nitrogen functional groups attached to an aromatic ring is 1. The molecule has 3 aliphatic rings. The predicted octanol–water partition coefficient (Wildman–Crippen LogP) is 0.696. The lowest BCUT2D eigenvalue weighted by atomic mass is 10.1. The minimum Gasteiger partial charge on any atom is -0.383 e. The first-order chi connectivity index (χ1) is 19.8. The Morgan fingerprint density at radius 3 is 2.12 bits per heavy atom. The molecule has 4 N–H and O–H groups in total. The number of aryl methyl sites for hydroxylation is 1. The Balaban J connectivity index is 1.28. The zero-order valence-electron chi connectivity index (χ0n) is 21.3. The summed E-state index contributed by atoms with van der Waals surface area (Å²) in [5.41, 5.74) is 5.82. The van der Waals surface area contributed by atoms with Crippen LogP contribution in [0.25, 0.3) is 11.2 Å². The van der Waals surface area contributed by atoms with E-state index in [2.05, 4.69) is 19.9 Å². The molecular formula is C20H23F2N7O9P2S2. The molecule has 228 valence electrons. The third-order valence-corrected chi connectivity index (χ3v) is 9.91. The van der Waals surface area contributed by atoms with E-state index in [1.165, 1.54) is 23.3 Å². The van der Waals surface area contributed by atoms with E-state index in [0.29, 0.717) is 11.2 Å². The molecule has 3 aromatic rings. The number of nitrogens with two attached hydrogens (primary N) is 1. The molecule has 0 amide bonds. The van der Waals surface area contributed by atoms with Crippen molar-refractivity contribution < 1.29 is 46.1 Å². The van der Waals surface area contributed by atoms with Crippen molar-refractivity contribution in [1.29, 1.82) is 0 Å². The fourth-order valence-electron chi connectivity index (χ4n) is 4.83. The summed E-state index contributed by atoms with van der Waals surface area (Å²) in [5.74, 6) is -0.0982. The topological polar surface area (TPSA) is 200 Å². The van der Waals surface area contributed by atoms with Crippen molar-refractivity contribution in [2.24, 2.45) is 0 Å². The Morgan fingerprint density at radius 2 is 1.55 bits per heavy atom. The second-order valence-electron chi connectivity index (χ2n) is 9.51. The molecule has 0 aliphatic carbocycles. The van der Waals surface area contributed by atoms with E-state index in [1.54, 1.807) is 6.92 Å². The van der Waals surface area contributed by atoms with Crippen LogP contribution in [0, 0.1) is 6.92 Å². The SMILES string of the molecule is Cc1ncnc2c1ncn2[C@@H]1O[C@@H]2COP(O)(=S)O[C@H]3[C@@H](F)[C@H](n4ccc(N)nc4=O)O[C@@H]3COP(O)(=S)O[C@H]2[C@H]1F. The Kier molecular flexibility index (Phi) is 8.04. The highest BCUT2D eigenvalue weighted by molar-refractivity contribution is 8.07. The molecule has 16 nitrogen and oxygen atoms in total. The van der Waals surface area contributed by atoms with Crippen LogP contribution in [-0.2, 0) is 51.2 Å². The van der Waals surface area contributed by atoms with E-state index in [9.17, 15) is 14.6 Å². The number of imidazole rings is 1. The van der Waals surface area contributed by atoms with E-state index >= 15 is 8.78 Å². The van der Waals surface area contributed by atoms with Crippen LogP contribution in [0.4, 0.5) is 14.6 Å². The van der Waals surface area contributed by atoms with Crippen LogP contribution in [0.2, 0.25) is 0 Å². The average molecular weight is 670 g/mol. The molecule has 2 unspecified atom stereocenters. The normalized spacial score (nSPS) is 39.4. The van der Waals surface area contributed by atoms with E-state index in [0.717, 1.165) is 10.8 Å². The molecule has 0 spiro atoms. The van der Waals surface area contributed by atoms with Gasteiger partial charge in [-0.3, -0.25) is 18.2 Å². The number of fused-ring (bicyclic) bond motifs is 3. The van der Waals surface area contributed by atoms with Crippen molar-refractivity contribution in [3.8, 4) is 0 Å². The maximum absolute atomic E-state index is 15.9. The van der Waals surface area contributed by atoms with Gasteiger partial charge in [-0.05, 0) is 36.6 Å². The Hall–Kier alpha value is -1.93. The summed E-state index contributed by atoms with van der Waals surface area (Å²) in [6, 6.07) is 1.25. The standard InChI is InChI=1S/C20H23F2N7O9P2S2/c1-8-14-17(25-6-24-8)29(7-26-14)19-13(22)16-10(36-19)5-34-39(31,41)37-15-9(4-33-40(32,42)38-16)35-18(12(15)21)28-3-2-11(23)27-20(28)30/h2-3,6-7,9-10,12-13,15-16,18-19H,4-5H2,1H3,(H,31,41)(H,32,42)(H2,23,27,30)/t9-,10-,12-,13-,15-,16-,18-,19-,39?,40?/m1/s1. The average Bonchev–Trinajstić information content (AvgIpc) is 3.57. The van der Waals surface area contributed by atoms with E-state index < -0.39 is 81.6 Å². The van der Waals surface area contributed by atoms with Crippen molar-refractivity contribution in [2.45, 2.75) is 56.1 Å². The number of alkyl halides is 2. The fraction of sp³-hybridized carbons (Fsp3) is 0.550. The maximum atomic E-state index is 15.9. The van der Waals surface area contributed by atoms with Gasteiger partial charge in [0.25, 0.3) is 0 Å². The van der Waals surface area contributed by atoms with Gasteiger partial charge in [0.2, 0.25) is 0 Å². The first kappa shape index (κ1) is 30.1. The van der Waals surface area contributed by atoms with Crippen molar-refractivity contribution in [2.75, 3.05) is 18.9 Å². The second-order valence-corrected chi connectivity index (χ2v) is 15.1. The molecule has 0 aromatic carbocycles. The van der Waals surface area contributed by atoms with Gasteiger partial charge >= 0.3 is 19.1 Å². The van der Waals surface area contributed by atoms with Gasteiger partial charge in [-0.15, -0.1) is 0 Å². The van der Waals surface area contributed by atoms with Gasteiger partial charge < -0.3 is 34.0 Å². The summed E-state index contributed by atoms with van der Waals surface area (Å²) in [5, 5.41) is 0. The molecule has 6 rings (SSSR count). The zero-order chi connectivity index (χ0) is 30.0. The Morgan fingerprint density at radius 1 is 0.976 bits per heavy atom. The molecule has 3 saturated heterocycles. The molecule has 0 saturated carbocycles. The van der Waals surface area contributed by atoms with Crippen LogP contribution in [0.3, 0.4) is 0 Å². The van der Waals surface area contributed by atoms with Crippen LogP contribution in [0.1, 0.15) is 18.1 Å². The minimum atomic E-state index is -4.25. The van der Waals surface area contributed by atoms with E-state index in [1.807, 2.05) is 0 Å². The summed E-state index contributed by atoms with van der Waals surface area (Å²) in [6.45, 7) is -8.05. The number of aromatic nitrogens is 6. The molecule has 3 aliphatic heterocycles. The third kappa shape index (κ3) is 5.67. The lowest BCUT2D eigenvalue weighted by Gasteiger charge is -2.29.